The lowest BCUT2D eigenvalue weighted by Crippen LogP contribution is -2.37. The fraction of sp³-hybridized carbons (Fsp3) is 0.538. The molecule has 0 aliphatic carbocycles. The van der Waals surface area contributed by atoms with Gasteiger partial charge in [-0.1, -0.05) is 6.07 Å². The summed E-state index contributed by atoms with van der Waals surface area (Å²) in [6, 6.07) is 3.54. The number of anilines is 1. The first-order valence-corrected chi connectivity index (χ1v) is 6.18. The van der Waals surface area contributed by atoms with Gasteiger partial charge in [0.15, 0.2) is 0 Å². The van der Waals surface area contributed by atoms with Crippen LogP contribution in [0.5, 0.6) is 0 Å². The molecule has 0 bridgehead atoms. The molecule has 3 nitrogen and oxygen atoms in total. The summed E-state index contributed by atoms with van der Waals surface area (Å²) in [6.45, 7) is -0.237. The van der Waals surface area contributed by atoms with E-state index in [1.807, 2.05) is 0 Å². The second-order valence-corrected chi connectivity index (χ2v) is 4.44. The van der Waals surface area contributed by atoms with Crippen LogP contribution >= 0.6 is 0 Å². The van der Waals surface area contributed by atoms with Gasteiger partial charge in [-0.05, 0) is 26.1 Å². The van der Waals surface area contributed by atoms with Gasteiger partial charge in [-0.15, -0.1) is 0 Å². The molecule has 114 valence electrons. The van der Waals surface area contributed by atoms with Gasteiger partial charge in [-0.3, -0.25) is 0 Å². The van der Waals surface area contributed by atoms with Crippen LogP contribution in [0.2, 0.25) is 0 Å². The van der Waals surface area contributed by atoms with Gasteiger partial charge in [-0.2, -0.15) is 13.2 Å². The van der Waals surface area contributed by atoms with Gasteiger partial charge in [0, 0.05) is 23.8 Å². The van der Waals surface area contributed by atoms with E-state index in [1.165, 1.54) is 18.2 Å². The van der Waals surface area contributed by atoms with Crippen LogP contribution in [0, 0.1) is 5.82 Å². The number of aliphatic hydroxyl groups is 1. The lowest BCUT2D eigenvalue weighted by atomic mass is 10.0. The Morgan fingerprint density at radius 3 is 2.50 bits per heavy atom. The monoisotopic (exact) mass is 294 g/mol. The first-order valence-electron chi connectivity index (χ1n) is 6.18. The standard InChI is InChI=1S/C13H18F4N2O/c1-9(18-2)12-10(14)4-3-5-11(12)19(6-7-20)8-13(15,16)17/h3-5,9,18,20H,6-8H2,1-2H3. The van der Waals surface area contributed by atoms with Gasteiger partial charge in [0.25, 0.3) is 0 Å². The van der Waals surface area contributed by atoms with Gasteiger partial charge in [0.1, 0.15) is 12.4 Å². The van der Waals surface area contributed by atoms with Crippen LogP contribution in [0.25, 0.3) is 0 Å². The number of halogens is 4. The van der Waals surface area contributed by atoms with Crippen molar-refractivity contribution in [1.82, 2.24) is 5.32 Å². The summed E-state index contributed by atoms with van der Waals surface area (Å²) in [5.41, 5.74) is 0.297. The molecule has 1 rings (SSSR count). The summed E-state index contributed by atoms with van der Waals surface area (Å²) in [5, 5.41) is 11.7. The first-order chi connectivity index (χ1) is 9.30. The lowest BCUT2D eigenvalue weighted by Gasteiger charge is -2.29. The molecule has 0 radical (unpaired) electrons. The highest BCUT2D eigenvalue weighted by atomic mass is 19.4. The Hall–Kier alpha value is -1.34. The van der Waals surface area contributed by atoms with Gasteiger partial charge >= 0.3 is 6.18 Å². The van der Waals surface area contributed by atoms with E-state index < -0.39 is 31.2 Å². The van der Waals surface area contributed by atoms with E-state index in [2.05, 4.69) is 5.32 Å². The van der Waals surface area contributed by atoms with E-state index >= 15 is 0 Å². The third-order valence-corrected chi connectivity index (χ3v) is 2.98. The van der Waals surface area contributed by atoms with E-state index in [0.29, 0.717) is 0 Å². The van der Waals surface area contributed by atoms with Crippen LogP contribution in [-0.2, 0) is 0 Å². The Bertz CT molecular complexity index is 437. The zero-order valence-corrected chi connectivity index (χ0v) is 11.3. The molecule has 0 fully saturated rings. The number of hydrogen-bond donors (Lipinski definition) is 2. The number of nitrogens with one attached hydrogen (secondary N) is 1. The van der Waals surface area contributed by atoms with Gasteiger partial charge in [-0.25, -0.2) is 4.39 Å². The number of alkyl halides is 3. The van der Waals surface area contributed by atoms with Crippen molar-refractivity contribution in [3.05, 3.63) is 29.6 Å². The summed E-state index contributed by atoms with van der Waals surface area (Å²) < 4.78 is 51.7. The smallest absolute Gasteiger partial charge is 0.395 e. The highest BCUT2D eigenvalue weighted by Crippen LogP contribution is 2.30. The van der Waals surface area contributed by atoms with Crippen molar-refractivity contribution in [2.75, 3.05) is 31.6 Å². The second-order valence-electron chi connectivity index (χ2n) is 4.44. The minimum absolute atomic E-state index is 0.137. The molecule has 0 heterocycles. The van der Waals surface area contributed by atoms with Crippen molar-refractivity contribution >= 4 is 5.69 Å². The zero-order valence-electron chi connectivity index (χ0n) is 11.3. The van der Waals surface area contributed by atoms with Crippen molar-refractivity contribution in [2.24, 2.45) is 0 Å². The predicted molar refractivity (Wildman–Crippen MR) is 69.2 cm³/mol. The summed E-state index contributed by atoms with van der Waals surface area (Å²) >= 11 is 0. The molecule has 1 aromatic carbocycles. The Labute approximate surface area is 115 Å². The third-order valence-electron chi connectivity index (χ3n) is 2.98. The predicted octanol–water partition coefficient (Wildman–Crippen LogP) is 2.47. The first kappa shape index (κ1) is 16.7. The van der Waals surface area contributed by atoms with Crippen molar-refractivity contribution in [2.45, 2.75) is 19.1 Å². The van der Waals surface area contributed by atoms with Crippen molar-refractivity contribution in [3.63, 3.8) is 0 Å². The van der Waals surface area contributed by atoms with Gasteiger partial charge in [0.05, 0.1) is 6.61 Å². The molecule has 1 aromatic rings. The van der Waals surface area contributed by atoms with E-state index in [9.17, 15) is 17.6 Å². The molecular formula is C13H18F4N2O. The van der Waals surface area contributed by atoms with Crippen LogP contribution in [-0.4, -0.2) is 38.0 Å². The Morgan fingerprint density at radius 2 is 2.00 bits per heavy atom. The molecule has 0 aliphatic heterocycles. The largest absolute Gasteiger partial charge is 0.405 e. The maximum atomic E-state index is 13.9. The average molecular weight is 294 g/mol. The highest BCUT2D eigenvalue weighted by Gasteiger charge is 2.32. The molecule has 1 unspecified atom stereocenters. The van der Waals surface area contributed by atoms with Crippen LogP contribution in [0.1, 0.15) is 18.5 Å². The Morgan fingerprint density at radius 1 is 1.35 bits per heavy atom. The summed E-state index contributed by atoms with van der Waals surface area (Å²) in [6.07, 6.45) is -4.43. The number of hydrogen-bond acceptors (Lipinski definition) is 3. The summed E-state index contributed by atoms with van der Waals surface area (Å²) in [7, 11) is 1.60. The van der Waals surface area contributed by atoms with Crippen LogP contribution in [0.15, 0.2) is 18.2 Å². The maximum Gasteiger partial charge on any atom is 0.405 e. The molecule has 0 saturated heterocycles. The fourth-order valence-corrected chi connectivity index (χ4v) is 2.00. The van der Waals surface area contributed by atoms with Crippen molar-refractivity contribution in [1.29, 1.82) is 0 Å². The third kappa shape index (κ3) is 4.35. The van der Waals surface area contributed by atoms with Gasteiger partial charge in [0.2, 0.25) is 0 Å². The Kier molecular flexibility index (Phi) is 5.76. The number of aliphatic hydroxyl groups excluding tert-OH is 1. The number of nitrogens with zero attached hydrogens (tertiary/aromatic N) is 1. The molecule has 2 N–H and O–H groups in total. The molecule has 0 aliphatic rings. The molecule has 0 spiro atoms. The number of benzene rings is 1. The minimum Gasteiger partial charge on any atom is -0.395 e. The van der Waals surface area contributed by atoms with Crippen LogP contribution in [0.3, 0.4) is 0 Å². The zero-order chi connectivity index (χ0) is 15.3. The molecule has 0 saturated carbocycles. The van der Waals surface area contributed by atoms with Gasteiger partial charge < -0.3 is 15.3 Å². The minimum atomic E-state index is -4.43. The fourth-order valence-electron chi connectivity index (χ4n) is 2.00. The van der Waals surface area contributed by atoms with Crippen molar-refractivity contribution in [3.8, 4) is 0 Å². The SMILES string of the molecule is CNC(C)c1c(F)cccc1N(CCO)CC(F)(F)F. The normalized spacial score (nSPS) is 13.3. The Balaban J connectivity index is 3.22. The maximum absolute atomic E-state index is 13.9. The second kappa shape index (κ2) is 6.90. The van der Waals surface area contributed by atoms with E-state index in [0.717, 1.165) is 4.90 Å². The summed E-state index contributed by atoms with van der Waals surface area (Å²) in [5.74, 6) is -0.575. The lowest BCUT2D eigenvalue weighted by molar-refractivity contribution is -0.119. The molecular weight excluding hydrogens is 276 g/mol. The van der Waals surface area contributed by atoms with Crippen molar-refractivity contribution < 1.29 is 22.7 Å². The van der Waals surface area contributed by atoms with E-state index in [-0.39, 0.29) is 17.8 Å². The number of rotatable bonds is 6. The summed E-state index contributed by atoms with van der Waals surface area (Å²) in [4.78, 5) is 0.937. The molecule has 7 heteroatoms. The highest BCUT2D eigenvalue weighted by molar-refractivity contribution is 5.55. The molecule has 0 aromatic heterocycles. The van der Waals surface area contributed by atoms with Crippen LogP contribution < -0.4 is 10.2 Å². The topological polar surface area (TPSA) is 35.5 Å². The van der Waals surface area contributed by atoms with E-state index in [4.69, 9.17) is 5.11 Å². The van der Waals surface area contributed by atoms with E-state index in [1.54, 1.807) is 14.0 Å². The molecule has 1 atom stereocenters. The average Bonchev–Trinajstić information content (AvgIpc) is 2.35. The molecule has 0 amide bonds. The van der Waals surface area contributed by atoms with Crippen LogP contribution in [0.4, 0.5) is 23.2 Å². The molecule has 20 heavy (non-hydrogen) atoms. The quantitative estimate of drug-likeness (QED) is 0.791.